The van der Waals surface area contributed by atoms with E-state index < -0.39 is 19.7 Å². The van der Waals surface area contributed by atoms with Gasteiger partial charge in [0.2, 0.25) is 0 Å². The number of aromatic amines is 1. The second kappa shape index (κ2) is 7.13. The minimum Gasteiger partial charge on any atom is -0.345 e. The van der Waals surface area contributed by atoms with Gasteiger partial charge in [-0.25, -0.2) is 21.8 Å². The summed E-state index contributed by atoms with van der Waals surface area (Å²) < 4.78 is 51.0. The van der Waals surface area contributed by atoms with Crippen LogP contribution in [0.1, 0.15) is 31.0 Å². The molecule has 9 nitrogen and oxygen atoms in total. The minimum atomic E-state index is -3.52. The second-order valence-corrected chi connectivity index (χ2v) is 12.2. The predicted molar refractivity (Wildman–Crippen MR) is 114 cm³/mol. The maximum Gasteiger partial charge on any atom is 0.179 e. The van der Waals surface area contributed by atoms with E-state index in [9.17, 15) is 16.8 Å². The fourth-order valence-electron chi connectivity index (χ4n) is 4.42. The van der Waals surface area contributed by atoms with E-state index in [1.165, 1.54) is 24.3 Å². The van der Waals surface area contributed by atoms with Crippen molar-refractivity contribution in [2.24, 2.45) is 5.92 Å². The highest BCUT2D eigenvalue weighted by Crippen LogP contribution is 2.39. The molecule has 0 saturated heterocycles. The number of H-pyrrole nitrogens is 1. The highest BCUT2D eigenvalue weighted by atomic mass is 32.2. The lowest BCUT2D eigenvalue weighted by molar-refractivity contribution is 0.549. The van der Waals surface area contributed by atoms with Gasteiger partial charge in [0.05, 0.1) is 27.3 Å². The smallest absolute Gasteiger partial charge is 0.179 e. The van der Waals surface area contributed by atoms with E-state index in [0.717, 1.165) is 36.1 Å². The fourth-order valence-corrected chi connectivity index (χ4v) is 6.72. The number of nitrogens with one attached hydrogen (secondary N) is 1. The maximum atomic E-state index is 12.9. The SMILES string of the molecule is CS(=O)(=O)c1ccc(S(=O)(=O)C[C@H]2CC[C@@H](c3nnc4cnc5[nH]ccc5n34)C2)cc1. The highest BCUT2D eigenvalue weighted by Gasteiger charge is 2.33. The van der Waals surface area contributed by atoms with Crippen LogP contribution in [-0.2, 0) is 19.7 Å². The van der Waals surface area contributed by atoms with E-state index in [1.807, 2.05) is 16.7 Å². The largest absolute Gasteiger partial charge is 0.345 e. The quantitative estimate of drug-likeness (QED) is 0.485. The van der Waals surface area contributed by atoms with Crippen LogP contribution in [0.2, 0.25) is 0 Å². The average molecular weight is 460 g/mol. The van der Waals surface area contributed by atoms with Crippen molar-refractivity contribution < 1.29 is 16.8 Å². The second-order valence-electron chi connectivity index (χ2n) is 8.12. The van der Waals surface area contributed by atoms with Crippen LogP contribution in [0.25, 0.3) is 16.8 Å². The van der Waals surface area contributed by atoms with Gasteiger partial charge in [-0.2, -0.15) is 0 Å². The molecule has 11 heteroatoms. The molecular weight excluding hydrogens is 438 g/mol. The first-order valence-electron chi connectivity index (χ1n) is 9.92. The van der Waals surface area contributed by atoms with Crippen LogP contribution in [0.15, 0.2) is 52.5 Å². The van der Waals surface area contributed by atoms with Crippen LogP contribution in [0, 0.1) is 5.92 Å². The average Bonchev–Trinajstić information content (AvgIpc) is 3.45. The third kappa shape index (κ3) is 3.61. The van der Waals surface area contributed by atoms with Crippen molar-refractivity contribution in [3.8, 4) is 0 Å². The van der Waals surface area contributed by atoms with Gasteiger partial charge in [0.25, 0.3) is 0 Å². The zero-order valence-electron chi connectivity index (χ0n) is 16.8. The lowest BCUT2D eigenvalue weighted by Gasteiger charge is -2.12. The van der Waals surface area contributed by atoms with E-state index in [0.29, 0.717) is 12.1 Å². The normalized spacial score (nSPS) is 20.0. The Kier molecular flexibility index (Phi) is 4.63. The van der Waals surface area contributed by atoms with E-state index >= 15 is 0 Å². The van der Waals surface area contributed by atoms with Crippen molar-refractivity contribution in [2.75, 3.05) is 12.0 Å². The van der Waals surface area contributed by atoms with Gasteiger partial charge in [-0.05, 0) is 55.5 Å². The number of hydrogen-bond acceptors (Lipinski definition) is 7. The van der Waals surface area contributed by atoms with Crippen LogP contribution in [0.5, 0.6) is 0 Å². The molecule has 0 amide bonds. The van der Waals surface area contributed by atoms with Crippen LogP contribution in [0.4, 0.5) is 0 Å². The highest BCUT2D eigenvalue weighted by molar-refractivity contribution is 7.91. The zero-order valence-corrected chi connectivity index (χ0v) is 18.4. The molecule has 1 saturated carbocycles. The Morgan fingerprint density at radius 2 is 1.77 bits per heavy atom. The maximum absolute atomic E-state index is 12.9. The summed E-state index contributed by atoms with van der Waals surface area (Å²) in [5, 5.41) is 8.62. The fraction of sp³-hybridized carbons (Fsp3) is 0.350. The Balaban J connectivity index is 1.36. The van der Waals surface area contributed by atoms with Gasteiger partial charge in [-0.3, -0.25) is 4.40 Å². The first-order chi connectivity index (χ1) is 14.7. The Bertz CT molecular complexity index is 1490. The summed E-state index contributed by atoms with van der Waals surface area (Å²) in [7, 11) is -6.89. The van der Waals surface area contributed by atoms with Gasteiger partial charge in [0, 0.05) is 18.4 Å². The van der Waals surface area contributed by atoms with Crippen molar-refractivity contribution in [2.45, 2.75) is 35.0 Å². The molecule has 0 bridgehead atoms. The van der Waals surface area contributed by atoms with E-state index in [2.05, 4.69) is 20.2 Å². The third-order valence-electron chi connectivity index (χ3n) is 5.94. The molecule has 31 heavy (non-hydrogen) atoms. The summed E-state index contributed by atoms with van der Waals surface area (Å²) in [6.07, 6.45) is 6.91. The molecule has 5 rings (SSSR count). The van der Waals surface area contributed by atoms with Crippen molar-refractivity contribution in [3.63, 3.8) is 0 Å². The minimum absolute atomic E-state index is 0.000451. The molecule has 3 aromatic heterocycles. The number of fused-ring (bicyclic) bond motifs is 3. The molecule has 2 atom stereocenters. The molecule has 3 heterocycles. The number of sulfone groups is 2. The Labute approximate surface area is 179 Å². The first kappa shape index (κ1) is 20.1. The van der Waals surface area contributed by atoms with Crippen LogP contribution in [-0.4, -0.2) is 53.4 Å². The summed E-state index contributed by atoms with van der Waals surface area (Å²) in [4.78, 5) is 7.68. The molecule has 162 valence electrons. The number of aromatic nitrogens is 5. The number of benzene rings is 1. The van der Waals surface area contributed by atoms with E-state index in [1.54, 1.807) is 6.20 Å². The van der Waals surface area contributed by atoms with Crippen LogP contribution >= 0.6 is 0 Å². The summed E-state index contributed by atoms with van der Waals surface area (Å²) in [5.41, 5.74) is 2.33. The number of nitrogens with zero attached hydrogens (tertiary/aromatic N) is 4. The lowest BCUT2D eigenvalue weighted by atomic mass is 10.1. The molecule has 1 aliphatic rings. The topological polar surface area (TPSA) is 127 Å². The number of rotatable bonds is 5. The van der Waals surface area contributed by atoms with Crippen molar-refractivity contribution in [1.82, 2.24) is 24.6 Å². The van der Waals surface area contributed by atoms with Gasteiger partial charge in [-0.1, -0.05) is 0 Å². The van der Waals surface area contributed by atoms with Gasteiger partial charge < -0.3 is 4.98 Å². The molecule has 1 aliphatic carbocycles. The Morgan fingerprint density at radius 1 is 1.03 bits per heavy atom. The molecule has 1 N–H and O–H groups in total. The summed E-state index contributed by atoms with van der Waals surface area (Å²) in [5.74, 6) is 0.975. The Morgan fingerprint density at radius 3 is 2.52 bits per heavy atom. The molecule has 4 aromatic rings. The molecule has 0 radical (unpaired) electrons. The monoisotopic (exact) mass is 459 g/mol. The molecule has 1 fully saturated rings. The molecule has 1 aromatic carbocycles. The lowest BCUT2D eigenvalue weighted by Crippen LogP contribution is -2.15. The van der Waals surface area contributed by atoms with Gasteiger partial charge >= 0.3 is 0 Å². The van der Waals surface area contributed by atoms with Crippen LogP contribution < -0.4 is 0 Å². The molecule has 0 unspecified atom stereocenters. The zero-order chi connectivity index (χ0) is 21.8. The summed E-state index contributed by atoms with van der Waals surface area (Å²) in [6, 6.07) is 7.37. The van der Waals surface area contributed by atoms with Crippen LogP contribution in [0.3, 0.4) is 0 Å². The van der Waals surface area contributed by atoms with Gasteiger partial charge in [0.1, 0.15) is 5.82 Å². The molecular formula is C20H21N5O4S2. The van der Waals surface area contributed by atoms with Gasteiger partial charge in [-0.15, -0.1) is 10.2 Å². The van der Waals surface area contributed by atoms with Crippen molar-refractivity contribution in [3.05, 3.63) is 48.5 Å². The standard InChI is InChI=1S/C20H21N5O4S2/c1-30(26,27)15-4-6-16(7-5-15)31(28,29)12-13-2-3-14(10-13)20-24-23-18-11-22-19-17(25(18)20)8-9-21-19/h4-9,11,13-14,21H,2-3,10,12H2,1H3/t13-,14+/m0/s1. The predicted octanol–water partition coefficient (Wildman–Crippen LogP) is 2.37. The van der Waals surface area contributed by atoms with Crippen molar-refractivity contribution >= 4 is 36.5 Å². The number of hydrogen-bond donors (Lipinski definition) is 1. The molecule has 0 aliphatic heterocycles. The van der Waals surface area contributed by atoms with Crippen molar-refractivity contribution in [1.29, 1.82) is 0 Å². The van der Waals surface area contributed by atoms with Gasteiger partial charge in [0.15, 0.2) is 31.0 Å². The third-order valence-corrected chi connectivity index (χ3v) is 8.97. The van der Waals surface area contributed by atoms with E-state index in [-0.39, 0.29) is 27.4 Å². The molecule has 0 spiro atoms. The summed E-state index contributed by atoms with van der Waals surface area (Å²) >= 11 is 0. The Hall–Kier alpha value is -2.79. The summed E-state index contributed by atoms with van der Waals surface area (Å²) in [6.45, 7) is 0. The van der Waals surface area contributed by atoms with E-state index in [4.69, 9.17) is 0 Å². The first-order valence-corrected chi connectivity index (χ1v) is 13.5.